The van der Waals surface area contributed by atoms with E-state index in [1.807, 2.05) is 17.9 Å². The average molecular weight is 354 g/mol. The lowest BCUT2D eigenvalue weighted by Gasteiger charge is -2.24. The summed E-state index contributed by atoms with van der Waals surface area (Å²) in [4.78, 5) is 14.7. The van der Waals surface area contributed by atoms with E-state index in [0.717, 1.165) is 29.8 Å². The van der Waals surface area contributed by atoms with Gasteiger partial charge in [0.05, 0.1) is 35.6 Å². The molecule has 1 atom stereocenters. The van der Waals surface area contributed by atoms with E-state index in [9.17, 15) is 9.18 Å². The molecule has 6 nitrogen and oxygen atoms in total. The summed E-state index contributed by atoms with van der Waals surface area (Å²) in [5.41, 5.74) is 3.14. The van der Waals surface area contributed by atoms with E-state index in [1.165, 1.54) is 12.1 Å². The minimum absolute atomic E-state index is 0.0209. The van der Waals surface area contributed by atoms with Gasteiger partial charge in [0.25, 0.3) is 0 Å². The predicted molar refractivity (Wildman–Crippen MR) is 92.6 cm³/mol. The number of likely N-dealkylation sites (tertiary alicyclic amines) is 1. The van der Waals surface area contributed by atoms with E-state index in [1.54, 1.807) is 18.3 Å². The Bertz CT molecular complexity index is 933. The molecule has 1 saturated heterocycles. The average Bonchev–Trinajstić information content (AvgIpc) is 3.34. The summed E-state index contributed by atoms with van der Waals surface area (Å²) in [6.07, 6.45) is 3.63. The second-order valence-corrected chi connectivity index (χ2v) is 6.58. The van der Waals surface area contributed by atoms with Crippen molar-refractivity contribution in [1.29, 1.82) is 0 Å². The zero-order valence-corrected chi connectivity index (χ0v) is 14.4. The molecule has 3 heterocycles. The fourth-order valence-corrected chi connectivity index (χ4v) is 3.53. The van der Waals surface area contributed by atoms with Crippen molar-refractivity contribution in [1.82, 2.24) is 20.3 Å². The van der Waals surface area contributed by atoms with Crippen molar-refractivity contribution < 1.29 is 13.7 Å². The molecule has 0 spiro atoms. The summed E-state index contributed by atoms with van der Waals surface area (Å²) in [6.45, 7) is 2.53. The highest BCUT2D eigenvalue weighted by molar-refractivity contribution is 5.80. The molecule has 0 radical (unpaired) electrons. The molecule has 0 unspecified atom stereocenters. The van der Waals surface area contributed by atoms with Gasteiger partial charge in [0.2, 0.25) is 5.91 Å². The zero-order chi connectivity index (χ0) is 18.1. The maximum atomic E-state index is 13.4. The van der Waals surface area contributed by atoms with Gasteiger partial charge in [-0.2, -0.15) is 5.10 Å². The number of rotatable bonds is 4. The number of hydrogen-bond acceptors (Lipinski definition) is 4. The summed E-state index contributed by atoms with van der Waals surface area (Å²) in [5.74, 6) is 0.285. The van der Waals surface area contributed by atoms with E-state index in [0.29, 0.717) is 17.9 Å². The maximum Gasteiger partial charge on any atom is 0.227 e. The predicted octanol–water partition coefficient (Wildman–Crippen LogP) is 3.42. The summed E-state index contributed by atoms with van der Waals surface area (Å²) in [5, 5.41) is 11.1. The van der Waals surface area contributed by atoms with Crippen molar-refractivity contribution in [3.63, 3.8) is 0 Å². The topological polar surface area (TPSA) is 75.0 Å². The summed E-state index contributed by atoms with van der Waals surface area (Å²) >= 11 is 0. The highest BCUT2D eigenvalue weighted by atomic mass is 19.1. The number of carbonyl (C=O) groups excluding carboxylic acids is 1. The molecule has 1 aliphatic heterocycles. The molecule has 1 N–H and O–H groups in total. The third kappa shape index (κ3) is 3.12. The highest BCUT2D eigenvalue weighted by Gasteiger charge is 2.33. The van der Waals surface area contributed by atoms with Gasteiger partial charge >= 0.3 is 0 Å². The Balaban J connectivity index is 1.57. The first-order valence-corrected chi connectivity index (χ1v) is 8.62. The minimum atomic E-state index is -0.329. The van der Waals surface area contributed by atoms with Crippen LogP contribution in [0.4, 0.5) is 4.39 Å². The first-order valence-electron chi connectivity index (χ1n) is 8.62. The molecule has 4 rings (SSSR count). The van der Waals surface area contributed by atoms with Crippen molar-refractivity contribution in [2.24, 2.45) is 0 Å². The highest BCUT2D eigenvalue weighted by Crippen LogP contribution is 2.36. The van der Waals surface area contributed by atoms with Crippen LogP contribution in [0, 0.1) is 12.7 Å². The van der Waals surface area contributed by atoms with Gasteiger partial charge in [-0.25, -0.2) is 4.39 Å². The van der Waals surface area contributed by atoms with Crippen LogP contribution in [0.5, 0.6) is 0 Å². The number of nitrogens with zero attached hydrogens (tertiary/aromatic N) is 3. The number of halogens is 1. The number of aryl methyl sites for hydroxylation is 1. The Morgan fingerprint density at radius 2 is 2.31 bits per heavy atom. The fraction of sp³-hybridized carbons (Fsp3) is 0.316. The van der Waals surface area contributed by atoms with Crippen LogP contribution >= 0.6 is 0 Å². The number of carbonyl (C=O) groups is 1. The lowest BCUT2D eigenvalue weighted by atomic mass is 10.0. The molecule has 2 aromatic heterocycles. The third-order valence-electron chi connectivity index (χ3n) is 4.71. The van der Waals surface area contributed by atoms with Crippen LogP contribution < -0.4 is 0 Å². The Morgan fingerprint density at radius 1 is 1.42 bits per heavy atom. The molecule has 0 aliphatic carbocycles. The first-order chi connectivity index (χ1) is 12.6. The van der Waals surface area contributed by atoms with Crippen LogP contribution in [0.3, 0.4) is 0 Å². The molecule has 1 fully saturated rings. The molecule has 3 aromatic rings. The Kier molecular flexibility index (Phi) is 4.28. The summed E-state index contributed by atoms with van der Waals surface area (Å²) < 4.78 is 18.7. The third-order valence-corrected chi connectivity index (χ3v) is 4.71. The normalized spacial score (nSPS) is 17.0. The van der Waals surface area contributed by atoms with Crippen LogP contribution in [0.25, 0.3) is 11.3 Å². The molecule has 0 bridgehead atoms. The summed E-state index contributed by atoms with van der Waals surface area (Å²) in [6, 6.07) is 7.93. The number of amides is 1. The van der Waals surface area contributed by atoms with E-state index in [4.69, 9.17) is 4.52 Å². The van der Waals surface area contributed by atoms with Crippen LogP contribution in [0.15, 0.2) is 41.1 Å². The largest absolute Gasteiger partial charge is 0.356 e. The van der Waals surface area contributed by atoms with E-state index >= 15 is 0 Å². The van der Waals surface area contributed by atoms with Gasteiger partial charge in [-0.3, -0.25) is 9.89 Å². The van der Waals surface area contributed by atoms with Gasteiger partial charge in [-0.15, -0.1) is 0 Å². The van der Waals surface area contributed by atoms with Crippen molar-refractivity contribution in [3.8, 4) is 11.3 Å². The second-order valence-electron chi connectivity index (χ2n) is 6.58. The molecule has 0 saturated carbocycles. The van der Waals surface area contributed by atoms with Crippen molar-refractivity contribution >= 4 is 5.91 Å². The number of benzene rings is 1. The van der Waals surface area contributed by atoms with E-state index in [-0.39, 0.29) is 24.2 Å². The smallest absolute Gasteiger partial charge is 0.227 e. The van der Waals surface area contributed by atoms with Gasteiger partial charge in [0.1, 0.15) is 5.82 Å². The van der Waals surface area contributed by atoms with Crippen LogP contribution in [-0.2, 0) is 11.2 Å². The number of hydrogen-bond donors (Lipinski definition) is 1. The van der Waals surface area contributed by atoms with Crippen LogP contribution in [-0.4, -0.2) is 32.7 Å². The Hall–Kier alpha value is -2.96. The Labute approximate surface area is 150 Å². The standard InChI is InChI=1S/C19H19FN4O2/c1-12-8-17(26-23-12)15-11-21-22-19(15)16-6-3-7-24(16)18(25)10-13-4-2-5-14(20)9-13/h2,4-5,8-9,11,16H,3,6-7,10H2,1H3,(H,21,22)/t16-/m1/s1. The lowest BCUT2D eigenvalue weighted by molar-refractivity contribution is -0.131. The summed E-state index contributed by atoms with van der Waals surface area (Å²) in [7, 11) is 0. The maximum absolute atomic E-state index is 13.4. The van der Waals surface area contributed by atoms with Crippen LogP contribution in [0.2, 0.25) is 0 Å². The number of aromatic nitrogens is 3. The fourth-order valence-electron chi connectivity index (χ4n) is 3.53. The SMILES string of the molecule is Cc1cc(-c2cn[nH]c2[C@H]2CCCN2C(=O)Cc2cccc(F)c2)on1. The molecule has 1 amide bonds. The zero-order valence-electron chi connectivity index (χ0n) is 14.4. The molecular weight excluding hydrogens is 335 g/mol. The van der Waals surface area contributed by atoms with Gasteiger partial charge in [0.15, 0.2) is 5.76 Å². The first kappa shape index (κ1) is 16.5. The van der Waals surface area contributed by atoms with Gasteiger partial charge in [0, 0.05) is 12.6 Å². The van der Waals surface area contributed by atoms with Crippen molar-refractivity contribution in [2.75, 3.05) is 6.54 Å². The van der Waals surface area contributed by atoms with E-state index in [2.05, 4.69) is 15.4 Å². The van der Waals surface area contributed by atoms with Gasteiger partial charge in [-0.05, 0) is 37.5 Å². The number of aromatic amines is 1. The lowest BCUT2D eigenvalue weighted by Crippen LogP contribution is -2.32. The number of H-pyrrole nitrogens is 1. The molecule has 26 heavy (non-hydrogen) atoms. The molecule has 1 aliphatic rings. The molecular formula is C19H19FN4O2. The van der Waals surface area contributed by atoms with Crippen molar-refractivity contribution in [2.45, 2.75) is 32.2 Å². The van der Waals surface area contributed by atoms with E-state index < -0.39 is 0 Å². The number of nitrogens with one attached hydrogen (secondary N) is 1. The Morgan fingerprint density at radius 3 is 3.08 bits per heavy atom. The van der Waals surface area contributed by atoms with Crippen LogP contribution in [0.1, 0.15) is 35.8 Å². The second kappa shape index (κ2) is 6.74. The molecule has 7 heteroatoms. The van der Waals surface area contributed by atoms with Gasteiger partial charge < -0.3 is 9.42 Å². The monoisotopic (exact) mass is 354 g/mol. The molecule has 134 valence electrons. The molecule has 1 aromatic carbocycles. The van der Waals surface area contributed by atoms with Crippen molar-refractivity contribution in [3.05, 3.63) is 59.3 Å². The van der Waals surface area contributed by atoms with Gasteiger partial charge in [-0.1, -0.05) is 17.3 Å². The quantitative estimate of drug-likeness (QED) is 0.779. The minimum Gasteiger partial charge on any atom is -0.356 e.